The number of hydrogen-bond donors (Lipinski definition) is 3. The average Bonchev–Trinajstić information content (AvgIpc) is 3.36. The van der Waals surface area contributed by atoms with E-state index >= 15 is 0 Å². The summed E-state index contributed by atoms with van der Waals surface area (Å²) >= 11 is 31.0. The van der Waals surface area contributed by atoms with E-state index in [1.165, 1.54) is 18.9 Å². The molecule has 13 nitrogen and oxygen atoms in total. The number of methoxy groups -OCH3 is 4. The Labute approximate surface area is 427 Å². The van der Waals surface area contributed by atoms with Crippen LogP contribution in [-0.2, 0) is 9.59 Å². The minimum Gasteiger partial charge on any atom is -0.495 e. The number of carbonyl (C=O) groups is 2. The number of nitrogens with two attached hydrogens (primary N) is 1. The third-order valence-electron chi connectivity index (χ3n) is 12.1. The number of nitrogens with one attached hydrogen (secondary N) is 2. The van der Waals surface area contributed by atoms with Crippen molar-refractivity contribution >= 4 is 103 Å². The Hall–Kier alpha value is -5.41. The molecule has 2 aromatic heterocycles. The van der Waals surface area contributed by atoms with Crippen LogP contribution in [0.5, 0.6) is 23.0 Å². The monoisotopic (exact) mass is 1040 g/mol. The summed E-state index contributed by atoms with van der Waals surface area (Å²) in [5, 5.41) is 9.73. The predicted molar refractivity (Wildman–Crippen MR) is 280 cm³/mol. The molecule has 0 amide bonds. The van der Waals surface area contributed by atoms with Crippen molar-refractivity contribution in [3.05, 3.63) is 106 Å². The summed E-state index contributed by atoms with van der Waals surface area (Å²) in [7, 11) is 6.20. The average molecular weight is 1040 g/mol. The summed E-state index contributed by atoms with van der Waals surface area (Å²) in [4.78, 5) is 39.8. The first-order chi connectivity index (χ1) is 33.2. The van der Waals surface area contributed by atoms with Gasteiger partial charge < -0.3 is 35.3 Å². The van der Waals surface area contributed by atoms with Crippen molar-refractivity contribution < 1.29 is 28.5 Å². The number of halogens is 5. The van der Waals surface area contributed by atoms with Gasteiger partial charge in [0.25, 0.3) is 0 Å². The van der Waals surface area contributed by atoms with Gasteiger partial charge in [0, 0.05) is 71.0 Å². The second-order valence-electron chi connectivity index (χ2n) is 16.4. The maximum absolute atomic E-state index is 11.9. The van der Waals surface area contributed by atoms with Gasteiger partial charge in [0.15, 0.2) is 5.78 Å². The van der Waals surface area contributed by atoms with E-state index in [1.54, 1.807) is 53.0 Å². The summed E-state index contributed by atoms with van der Waals surface area (Å²) in [6, 6.07) is 15.4. The zero-order valence-corrected chi connectivity index (χ0v) is 42.5. The molecule has 2 aliphatic rings. The molecule has 2 fully saturated rings. The van der Waals surface area contributed by atoms with Crippen molar-refractivity contribution in [3.63, 3.8) is 0 Å². The second kappa shape index (κ2) is 24.9. The molecule has 1 unspecified atom stereocenters. The van der Waals surface area contributed by atoms with Crippen LogP contribution in [0.15, 0.2) is 86.2 Å². The van der Waals surface area contributed by atoms with Gasteiger partial charge in [0.2, 0.25) is 17.1 Å². The van der Waals surface area contributed by atoms with Gasteiger partial charge in [-0.2, -0.15) is 0 Å². The highest BCUT2D eigenvalue weighted by Crippen LogP contribution is 2.48. The number of fused-ring (bicyclic) bond motifs is 2. The summed E-state index contributed by atoms with van der Waals surface area (Å²) in [6.45, 7) is 6.68. The largest absolute Gasteiger partial charge is 0.495 e. The van der Waals surface area contributed by atoms with Crippen LogP contribution in [0.4, 0.5) is 11.9 Å². The maximum atomic E-state index is 11.9. The molecule has 8 rings (SSSR count). The molecule has 2 saturated carbocycles. The number of carbonyl (C=O) groups excluding carboxylic acids is 2. The van der Waals surface area contributed by atoms with E-state index in [0.29, 0.717) is 72.5 Å². The van der Waals surface area contributed by atoms with Gasteiger partial charge in [0.05, 0.1) is 59.6 Å². The molecule has 0 radical (unpaired) electrons. The lowest BCUT2D eigenvalue weighted by molar-refractivity contribution is -0.115. The van der Waals surface area contributed by atoms with Crippen LogP contribution in [0.1, 0.15) is 57.8 Å². The van der Waals surface area contributed by atoms with E-state index in [9.17, 15) is 9.59 Å². The van der Waals surface area contributed by atoms with E-state index in [0.717, 1.165) is 77.5 Å². The highest BCUT2D eigenvalue weighted by molar-refractivity contribution is 6.66. The van der Waals surface area contributed by atoms with Crippen LogP contribution >= 0.6 is 58.0 Å². The predicted octanol–water partition coefficient (Wildman–Crippen LogP) is 13.0. The number of ether oxygens (including phenoxy) is 4. The first kappa shape index (κ1) is 53.0. The molecule has 0 spiro atoms. The lowest BCUT2D eigenvalue weighted by atomic mass is 9.81. The van der Waals surface area contributed by atoms with Gasteiger partial charge >= 0.3 is 0 Å². The zero-order valence-electron chi connectivity index (χ0n) is 38.7. The van der Waals surface area contributed by atoms with Gasteiger partial charge in [-0.25, -0.2) is 19.9 Å². The van der Waals surface area contributed by atoms with E-state index in [4.69, 9.17) is 87.7 Å². The summed E-state index contributed by atoms with van der Waals surface area (Å²) in [5.41, 5.74) is 10.8. The van der Waals surface area contributed by atoms with Gasteiger partial charge in [-0.15, -0.1) is 0 Å². The van der Waals surface area contributed by atoms with Crippen molar-refractivity contribution in [1.82, 2.24) is 19.9 Å². The van der Waals surface area contributed by atoms with Crippen LogP contribution in [0, 0.1) is 5.92 Å². The van der Waals surface area contributed by atoms with Crippen LogP contribution in [0.25, 0.3) is 44.1 Å². The van der Waals surface area contributed by atoms with E-state index in [1.807, 2.05) is 36.4 Å². The molecule has 2 heterocycles. The molecule has 18 heteroatoms. The van der Waals surface area contributed by atoms with Crippen molar-refractivity contribution in [2.75, 3.05) is 39.1 Å². The number of benzene rings is 4. The number of allylic oxidation sites excluding steroid dienone is 2. The van der Waals surface area contributed by atoms with Gasteiger partial charge in [0.1, 0.15) is 23.0 Å². The van der Waals surface area contributed by atoms with Crippen molar-refractivity contribution in [2.45, 2.75) is 75.9 Å². The topological polar surface area (TPSA) is 173 Å². The smallest absolute Gasteiger partial charge is 0.244 e. The lowest BCUT2D eigenvalue weighted by Gasteiger charge is -2.31. The fraction of sp³-hybridized carbons (Fsp3) is 0.333. The highest BCUT2D eigenvalue weighted by Gasteiger charge is 2.28. The van der Waals surface area contributed by atoms with E-state index in [2.05, 4.69) is 38.7 Å². The number of hydrogen-bond acceptors (Lipinski definition) is 13. The Morgan fingerprint density at radius 1 is 0.638 bits per heavy atom. The number of aromatic nitrogens is 4. The molecule has 6 aromatic rings. The molecule has 2 aliphatic carbocycles. The molecule has 69 heavy (non-hydrogen) atoms. The Balaban J connectivity index is 0.000000208. The molecule has 0 bridgehead atoms. The normalized spacial score (nSPS) is 17.5. The molecule has 0 aliphatic heterocycles. The van der Waals surface area contributed by atoms with Gasteiger partial charge in [-0.1, -0.05) is 97.4 Å². The Kier molecular flexibility index (Phi) is 19.1. The summed E-state index contributed by atoms with van der Waals surface area (Å²) < 4.78 is 21.5. The van der Waals surface area contributed by atoms with Crippen molar-refractivity contribution in [3.8, 4) is 45.3 Å². The van der Waals surface area contributed by atoms with Crippen LogP contribution in [-0.4, -0.2) is 77.5 Å². The molecular weight excluding hydrogens is 984 g/mol. The fourth-order valence-electron chi connectivity index (χ4n) is 8.45. The first-order valence-electron chi connectivity index (χ1n) is 22.2. The minimum absolute atomic E-state index is 0.0807. The number of rotatable bonds is 14. The fourth-order valence-corrected chi connectivity index (χ4v) is 9.89. The number of anilines is 2. The third kappa shape index (κ3) is 13.1. The first-order valence-corrected chi connectivity index (χ1v) is 24.1. The molecule has 4 atom stereocenters. The molecule has 0 saturated heterocycles. The van der Waals surface area contributed by atoms with Crippen LogP contribution in [0.2, 0.25) is 20.1 Å². The molecule has 364 valence electrons. The van der Waals surface area contributed by atoms with E-state index in [-0.39, 0.29) is 29.8 Å². The Bertz CT molecular complexity index is 2780. The Morgan fingerprint density at radius 2 is 1.04 bits per heavy atom. The molecule has 4 N–H and O–H groups in total. The molecule has 4 aromatic carbocycles. The summed E-state index contributed by atoms with van der Waals surface area (Å²) in [5.74, 6) is 3.43. The second-order valence-corrected chi connectivity index (χ2v) is 18.3. The van der Waals surface area contributed by atoms with E-state index < -0.39 is 5.24 Å². The summed E-state index contributed by atoms with van der Waals surface area (Å²) in [6.07, 6.45) is 15.2. The van der Waals surface area contributed by atoms with Crippen LogP contribution < -0.4 is 35.3 Å². The van der Waals surface area contributed by atoms with Crippen LogP contribution in [0.3, 0.4) is 0 Å². The Morgan fingerprint density at radius 3 is 1.45 bits per heavy atom. The highest BCUT2D eigenvalue weighted by atomic mass is 35.5. The number of nitrogens with zero attached hydrogens (tertiary/aromatic N) is 4. The van der Waals surface area contributed by atoms with Gasteiger partial charge in [-0.05, 0) is 90.7 Å². The number of ketones is 1. The maximum Gasteiger partial charge on any atom is 0.244 e. The third-order valence-corrected chi connectivity index (χ3v) is 13.7. The van der Waals surface area contributed by atoms with Gasteiger partial charge in [-0.3, -0.25) is 9.59 Å². The lowest BCUT2D eigenvalue weighted by Crippen LogP contribution is -2.42. The van der Waals surface area contributed by atoms with Crippen molar-refractivity contribution in [2.24, 2.45) is 11.7 Å². The molecular formula is C51H54Cl5N7O6. The minimum atomic E-state index is -0.509. The quantitative estimate of drug-likeness (QED) is 0.0696. The standard InChI is InChI=1S/C26H27Cl2N3O3.C22H24Cl2N4O2.C3H3ClO/c1-4-18(32)12-15-7-5-6-8-19(15)30-26-29-14-17-11-16(9-10-20(17)31-26)23-24(27)21(33-2)13-22(34-3)25(23)28;1-29-17-10-18(30-2)21(24)19(20(17)23)12-7-8-15-13(9-12)11-26-22(27-15)28-16-6-4-3-5-14(16)25;1-2-3(4)5/h4,9-11,13-15,19H,1,5-8,12H2,2-3H3,(H,29,30,31);7-11,14,16H,3-6,25H2,1-2H3,(H,26,27,28);2H,1H2/t15-,19+;14-,16?;/m10./s1. The zero-order chi connectivity index (χ0) is 49.8. The SMILES string of the molecule is C=CC(=O)C[C@H]1CCCC[C@@H]1Nc1ncc2cc(-c3c(Cl)c(OC)cc(OC)c3Cl)ccc2n1.C=CC(=O)Cl.COc1cc(OC)c(Cl)c(-c2ccc3nc(NC4CCCC[C@@H]4N)ncc3c2)c1Cl. The van der Waals surface area contributed by atoms with Crippen molar-refractivity contribution in [1.29, 1.82) is 0 Å².